The van der Waals surface area contributed by atoms with Crippen molar-refractivity contribution in [2.45, 2.75) is 53.1 Å². The minimum absolute atomic E-state index is 0.291. The fourth-order valence-corrected chi connectivity index (χ4v) is 2.80. The van der Waals surface area contributed by atoms with Gasteiger partial charge in [0.05, 0.1) is 10.7 Å². The summed E-state index contributed by atoms with van der Waals surface area (Å²) in [6.07, 6.45) is 1.03. The van der Waals surface area contributed by atoms with Gasteiger partial charge in [-0.25, -0.2) is 4.98 Å². The number of hydrogen-bond donors (Lipinski definition) is 2. The van der Waals surface area contributed by atoms with Crippen LogP contribution in [0.25, 0.3) is 0 Å². The Labute approximate surface area is 109 Å². The van der Waals surface area contributed by atoms with Crippen molar-refractivity contribution in [1.82, 2.24) is 10.3 Å². The third-order valence-electron chi connectivity index (χ3n) is 3.12. The first-order chi connectivity index (χ1) is 7.91. The van der Waals surface area contributed by atoms with E-state index in [1.165, 1.54) is 4.88 Å². The average molecular weight is 255 g/mol. The molecule has 1 aromatic heterocycles. The van der Waals surface area contributed by atoms with Crippen LogP contribution >= 0.6 is 11.3 Å². The van der Waals surface area contributed by atoms with Crippen LogP contribution in [-0.4, -0.2) is 17.6 Å². The normalized spacial score (nSPS) is 15.2. The quantitative estimate of drug-likeness (QED) is 0.822. The molecule has 0 aliphatic carbocycles. The summed E-state index contributed by atoms with van der Waals surface area (Å²) in [6.45, 7) is 11.6. The van der Waals surface area contributed by atoms with E-state index >= 15 is 0 Å². The van der Waals surface area contributed by atoms with E-state index in [4.69, 9.17) is 5.73 Å². The van der Waals surface area contributed by atoms with Crippen LogP contribution in [0.5, 0.6) is 0 Å². The van der Waals surface area contributed by atoms with Crippen molar-refractivity contribution in [3.8, 4) is 0 Å². The van der Waals surface area contributed by atoms with Gasteiger partial charge in [-0.3, -0.25) is 0 Å². The first-order valence-electron chi connectivity index (χ1n) is 6.34. The van der Waals surface area contributed by atoms with Crippen molar-refractivity contribution in [1.29, 1.82) is 0 Å². The van der Waals surface area contributed by atoms with Crippen LogP contribution in [0.3, 0.4) is 0 Å². The molecule has 3 nitrogen and oxygen atoms in total. The highest BCUT2D eigenvalue weighted by Gasteiger charge is 2.13. The number of aromatic nitrogens is 1. The van der Waals surface area contributed by atoms with Crippen molar-refractivity contribution in [3.05, 3.63) is 15.6 Å². The van der Waals surface area contributed by atoms with Gasteiger partial charge in [0, 0.05) is 17.0 Å². The lowest BCUT2D eigenvalue weighted by atomic mass is 10.0. The summed E-state index contributed by atoms with van der Waals surface area (Å²) < 4.78 is 0. The molecule has 0 fully saturated rings. The second-order valence-electron chi connectivity index (χ2n) is 5.05. The number of nitrogens with zero attached hydrogens (tertiary/aromatic N) is 1. The largest absolute Gasteiger partial charge is 0.327 e. The molecule has 0 aliphatic rings. The highest BCUT2D eigenvalue weighted by atomic mass is 32.1. The molecule has 17 heavy (non-hydrogen) atoms. The lowest BCUT2D eigenvalue weighted by Crippen LogP contribution is -2.31. The van der Waals surface area contributed by atoms with E-state index < -0.39 is 0 Å². The van der Waals surface area contributed by atoms with Gasteiger partial charge in [-0.15, -0.1) is 11.3 Å². The monoisotopic (exact) mass is 255 g/mol. The lowest BCUT2D eigenvalue weighted by molar-refractivity contribution is 0.436. The Balaban J connectivity index is 2.40. The van der Waals surface area contributed by atoms with Gasteiger partial charge in [-0.1, -0.05) is 13.8 Å². The van der Waals surface area contributed by atoms with Crippen molar-refractivity contribution in [2.75, 3.05) is 6.54 Å². The van der Waals surface area contributed by atoms with Crippen LogP contribution in [0.1, 0.15) is 48.8 Å². The Hall–Kier alpha value is -0.450. The van der Waals surface area contributed by atoms with Crippen LogP contribution in [0.4, 0.5) is 0 Å². The average Bonchev–Trinajstić information content (AvgIpc) is 2.57. The highest BCUT2D eigenvalue weighted by molar-refractivity contribution is 7.11. The number of hydrogen-bond acceptors (Lipinski definition) is 4. The van der Waals surface area contributed by atoms with E-state index in [-0.39, 0.29) is 0 Å². The predicted octanol–water partition coefficient (Wildman–Crippen LogP) is 2.78. The maximum Gasteiger partial charge on any atom is 0.0900 e. The van der Waals surface area contributed by atoms with E-state index in [0.717, 1.165) is 23.7 Å². The first-order valence-corrected chi connectivity index (χ1v) is 7.16. The second-order valence-corrected chi connectivity index (χ2v) is 6.29. The van der Waals surface area contributed by atoms with Gasteiger partial charge in [0.2, 0.25) is 0 Å². The number of rotatable bonds is 6. The Morgan fingerprint density at radius 3 is 2.41 bits per heavy atom. The number of nitrogens with two attached hydrogens (primary N) is 1. The molecule has 0 saturated carbocycles. The highest BCUT2D eigenvalue weighted by Crippen LogP contribution is 2.24. The summed E-state index contributed by atoms with van der Waals surface area (Å²) in [5.74, 6) is 0.555. The van der Waals surface area contributed by atoms with Gasteiger partial charge < -0.3 is 11.1 Å². The van der Waals surface area contributed by atoms with Gasteiger partial charge in [-0.05, 0) is 39.7 Å². The van der Waals surface area contributed by atoms with Crippen molar-refractivity contribution in [2.24, 2.45) is 11.7 Å². The summed E-state index contributed by atoms with van der Waals surface area (Å²) in [5.41, 5.74) is 7.18. The molecule has 4 heteroatoms. The fraction of sp³-hybridized carbons (Fsp3) is 0.769. The van der Waals surface area contributed by atoms with E-state index in [2.05, 4.69) is 44.9 Å². The molecular weight excluding hydrogens is 230 g/mol. The summed E-state index contributed by atoms with van der Waals surface area (Å²) in [7, 11) is 0. The number of nitrogens with one attached hydrogen (secondary N) is 1. The molecule has 0 bridgehead atoms. The summed E-state index contributed by atoms with van der Waals surface area (Å²) >= 11 is 1.78. The maximum absolute atomic E-state index is 6.03. The molecule has 0 spiro atoms. The molecule has 0 radical (unpaired) electrons. The first kappa shape index (κ1) is 14.6. The topological polar surface area (TPSA) is 50.9 Å². The van der Waals surface area contributed by atoms with E-state index in [0.29, 0.717) is 18.0 Å². The zero-order valence-corrected chi connectivity index (χ0v) is 12.4. The molecule has 1 aromatic rings. The molecule has 98 valence electrons. The van der Waals surface area contributed by atoms with Gasteiger partial charge in [0.25, 0.3) is 0 Å². The van der Waals surface area contributed by atoms with Crippen LogP contribution in [0, 0.1) is 19.8 Å². The third-order valence-corrected chi connectivity index (χ3v) is 4.37. The van der Waals surface area contributed by atoms with Crippen molar-refractivity contribution < 1.29 is 0 Å². The minimum atomic E-state index is 0.291. The zero-order chi connectivity index (χ0) is 13.0. The molecule has 2 atom stereocenters. The molecule has 1 heterocycles. The van der Waals surface area contributed by atoms with E-state index in [1.807, 2.05) is 0 Å². The maximum atomic E-state index is 6.03. The summed E-state index contributed by atoms with van der Waals surface area (Å²) in [6, 6.07) is 0.666. The standard InChI is InChI=1S/C13H25N3S/c1-8(2)12(14)6-7-15-9(3)13-10(4)16-11(5)17-13/h8-9,12,15H,6-7,14H2,1-5H3. The zero-order valence-electron chi connectivity index (χ0n) is 11.6. The second kappa shape index (κ2) is 6.47. The van der Waals surface area contributed by atoms with Crippen LogP contribution < -0.4 is 11.1 Å². The van der Waals surface area contributed by atoms with Gasteiger partial charge in [0.15, 0.2) is 0 Å². The van der Waals surface area contributed by atoms with Crippen LogP contribution in [0.15, 0.2) is 0 Å². The molecule has 0 saturated heterocycles. The van der Waals surface area contributed by atoms with Gasteiger partial charge >= 0.3 is 0 Å². The van der Waals surface area contributed by atoms with E-state index in [9.17, 15) is 0 Å². The number of aryl methyl sites for hydroxylation is 2. The Morgan fingerprint density at radius 2 is 1.94 bits per heavy atom. The van der Waals surface area contributed by atoms with Gasteiger partial charge in [-0.2, -0.15) is 0 Å². The van der Waals surface area contributed by atoms with Crippen LogP contribution in [0.2, 0.25) is 0 Å². The van der Waals surface area contributed by atoms with Gasteiger partial charge in [0.1, 0.15) is 0 Å². The molecule has 0 aromatic carbocycles. The summed E-state index contributed by atoms with van der Waals surface area (Å²) in [4.78, 5) is 5.81. The molecule has 2 unspecified atom stereocenters. The Kier molecular flexibility index (Phi) is 5.56. The smallest absolute Gasteiger partial charge is 0.0900 e. The van der Waals surface area contributed by atoms with E-state index in [1.54, 1.807) is 11.3 Å². The SMILES string of the molecule is Cc1nc(C)c(C(C)NCCC(N)C(C)C)s1. The predicted molar refractivity (Wildman–Crippen MR) is 75.4 cm³/mol. The Bertz CT molecular complexity index is 346. The minimum Gasteiger partial charge on any atom is -0.327 e. The molecule has 0 aliphatic heterocycles. The third kappa shape index (κ3) is 4.37. The van der Waals surface area contributed by atoms with Crippen molar-refractivity contribution >= 4 is 11.3 Å². The molecular formula is C13H25N3S. The summed E-state index contributed by atoms with van der Waals surface area (Å²) in [5, 5.41) is 4.67. The molecule has 1 rings (SSSR count). The van der Waals surface area contributed by atoms with Crippen molar-refractivity contribution in [3.63, 3.8) is 0 Å². The number of thiazole rings is 1. The van der Waals surface area contributed by atoms with Crippen LogP contribution in [-0.2, 0) is 0 Å². The lowest BCUT2D eigenvalue weighted by Gasteiger charge is -2.18. The molecule has 3 N–H and O–H groups in total. The fourth-order valence-electron chi connectivity index (χ4n) is 1.84. The molecule has 0 amide bonds. The Morgan fingerprint density at radius 1 is 1.29 bits per heavy atom.